The standard InChI is InChI=1S/C42H46FN7O9S/c1-23(2)36(44)39(52)47-37(24(3)4)40(53)58-26(6)59-42(54)50(33-19-18-32(60(8,55)56)21-34(33)57-7)41-46-35-20-13-29(22-49(35)48-41)28-11-16-31(17-12-28)45-38(51)25(5)27-9-14-30(43)15-10-27/h9-25,36-37H,6,44H2,1-5,7-8H3,(H,45,51)(H,47,52)/t25?,36-,37-/m0/s1. The third kappa shape index (κ3) is 10.5. The summed E-state index contributed by atoms with van der Waals surface area (Å²) in [6.07, 6.45) is 1.44. The predicted octanol–water partition coefficient (Wildman–Crippen LogP) is 6.10. The molecule has 2 aromatic heterocycles. The first kappa shape index (κ1) is 44.4. The third-order valence-electron chi connectivity index (χ3n) is 9.43. The number of anilines is 3. The number of hydrogen-bond donors (Lipinski definition) is 3. The molecule has 3 aromatic carbocycles. The molecule has 5 rings (SSSR count). The second kappa shape index (κ2) is 18.5. The SMILES string of the molecule is C=C(OC(=O)[C@@H](NC(=O)[C@@H](N)C(C)C)C(C)C)OC(=O)N(c1nc2ccc(-c3ccc(NC(=O)C(C)c4ccc(F)cc4)cc3)cn2n1)c1ccc(S(C)(=O)=O)cc1OC. The van der Waals surface area contributed by atoms with Crippen molar-refractivity contribution >= 4 is 56.7 Å². The molecule has 316 valence electrons. The fourth-order valence-electron chi connectivity index (χ4n) is 5.79. The van der Waals surface area contributed by atoms with Crippen molar-refractivity contribution in [2.24, 2.45) is 17.6 Å². The molecule has 0 aliphatic heterocycles. The Morgan fingerprint density at radius 2 is 1.52 bits per heavy atom. The van der Waals surface area contributed by atoms with E-state index in [1.54, 1.807) is 89.3 Å². The lowest BCUT2D eigenvalue weighted by Crippen LogP contribution is -2.52. The smallest absolute Gasteiger partial charge is 0.429 e. The average Bonchev–Trinajstić information content (AvgIpc) is 3.62. The van der Waals surface area contributed by atoms with E-state index in [2.05, 4.69) is 27.3 Å². The zero-order valence-electron chi connectivity index (χ0n) is 34.0. The molecule has 5 aromatic rings. The van der Waals surface area contributed by atoms with E-state index >= 15 is 0 Å². The maximum atomic E-state index is 14.0. The van der Waals surface area contributed by atoms with Crippen molar-refractivity contribution in [3.8, 4) is 16.9 Å². The summed E-state index contributed by atoms with van der Waals surface area (Å²) < 4.78 is 55.7. The molecule has 0 radical (unpaired) electrons. The number of nitrogens with one attached hydrogen (secondary N) is 2. The zero-order chi connectivity index (χ0) is 44.1. The highest BCUT2D eigenvalue weighted by atomic mass is 32.2. The predicted molar refractivity (Wildman–Crippen MR) is 221 cm³/mol. The van der Waals surface area contributed by atoms with Crippen LogP contribution in [0.3, 0.4) is 0 Å². The van der Waals surface area contributed by atoms with Crippen LogP contribution in [0.15, 0.2) is 102 Å². The second-order valence-electron chi connectivity index (χ2n) is 14.6. The lowest BCUT2D eigenvalue weighted by molar-refractivity contribution is -0.149. The monoisotopic (exact) mass is 843 g/mol. The lowest BCUT2D eigenvalue weighted by Gasteiger charge is -2.24. The van der Waals surface area contributed by atoms with Crippen LogP contribution >= 0.6 is 0 Å². The zero-order valence-corrected chi connectivity index (χ0v) is 34.8. The van der Waals surface area contributed by atoms with Crippen LogP contribution < -0.4 is 26.0 Å². The highest BCUT2D eigenvalue weighted by Crippen LogP contribution is 2.36. The average molecular weight is 844 g/mol. The van der Waals surface area contributed by atoms with Gasteiger partial charge in [-0.25, -0.2) is 31.8 Å². The number of methoxy groups -OCH3 is 1. The van der Waals surface area contributed by atoms with Gasteiger partial charge in [-0.2, -0.15) is 4.98 Å². The van der Waals surface area contributed by atoms with Crippen LogP contribution in [0.25, 0.3) is 16.8 Å². The number of aromatic nitrogens is 3. The van der Waals surface area contributed by atoms with Crippen molar-refractivity contribution in [2.75, 3.05) is 23.6 Å². The molecule has 0 bridgehead atoms. The molecule has 3 atom stereocenters. The minimum absolute atomic E-state index is 0.0356. The maximum Gasteiger partial charge on any atom is 0.429 e. The van der Waals surface area contributed by atoms with Gasteiger partial charge in [0.1, 0.15) is 17.6 Å². The summed E-state index contributed by atoms with van der Waals surface area (Å²) in [6, 6.07) is 17.9. The first-order valence-electron chi connectivity index (χ1n) is 18.7. The van der Waals surface area contributed by atoms with Crippen molar-refractivity contribution in [3.63, 3.8) is 0 Å². The molecule has 0 saturated heterocycles. The number of benzene rings is 3. The van der Waals surface area contributed by atoms with Crippen LogP contribution in [0.1, 0.15) is 46.1 Å². The van der Waals surface area contributed by atoms with Crippen molar-refractivity contribution in [2.45, 2.75) is 57.5 Å². The number of fused-ring (bicyclic) bond motifs is 1. The summed E-state index contributed by atoms with van der Waals surface area (Å²) in [5.41, 5.74) is 8.84. The number of carbonyl (C=O) groups is 4. The summed E-state index contributed by atoms with van der Waals surface area (Å²) >= 11 is 0. The fraction of sp³-hybridized carbons (Fsp3) is 0.286. The lowest BCUT2D eigenvalue weighted by atomic mass is 10.00. The summed E-state index contributed by atoms with van der Waals surface area (Å²) in [5, 5.41) is 9.95. The van der Waals surface area contributed by atoms with Crippen LogP contribution in [0.5, 0.6) is 5.75 Å². The quantitative estimate of drug-likeness (QED) is 0.0806. The molecule has 0 spiro atoms. The van der Waals surface area contributed by atoms with Gasteiger partial charge in [0.2, 0.25) is 11.8 Å². The number of ether oxygens (including phenoxy) is 3. The van der Waals surface area contributed by atoms with Crippen molar-refractivity contribution in [3.05, 3.63) is 109 Å². The number of hydrogen-bond acceptors (Lipinski definition) is 12. The van der Waals surface area contributed by atoms with Gasteiger partial charge in [0.25, 0.3) is 11.9 Å². The third-order valence-corrected chi connectivity index (χ3v) is 10.5. The molecule has 0 aliphatic carbocycles. The molecule has 4 N–H and O–H groups in total. The van der Waals surface area contributed by atoms with Crippen molar-refractivity contribution < 1.29 is 46.2 Å². The largest absolute Gasteiger partial charge is 0.495 e. The Morgan fingerprint density at radius 3 is 2.12 bits per heavy atom. The van der Waals surface area contributed by atoms with E-state index in [1.165, 1.54) is 42.0 Å². The molecular weight excluding hydrogens is 798 g/mol. The number of sulfone groups is 1. The number of carbonyl (C=O) groups excluding carboxylic acids is 4. The summed E-state index contributed by atoms with van der Waals surface area (Å²) in [7, 11) is -2.43. The number of rotatable bonds is 15. The highest BCUT2D eigenvalue weighted by molar-refractivity contribution is 7.90. The minimum Gasteiger partial charge on any atom is -0.495 e. The summed E-state index contributed by atoms with van der Waals surface area (Å²) in [4.78, 5) is 58.0. The van der Waals surface area contributed by atoms with Crippen LogP contribution in [0, 0.1) is 17.7 Å². The van der Waals surface area contributed by atoms with Gasteiger partial charge in [-0.1, -0.05) is 52.0 Å². The summed E-state index contributed by atoms with van der Waals surface area (Å²) in [5.74, 6) is -4.45. The van der Waals surface area contributed by atoms with Crippen molar-refractivity contribution in [1.29, 1.82) is 0 Å². The van der Waals surface area contributed by atoms with E-state index in [0.717, 1.165) is 16.7 Å². The number of nitrogens with zero attached hydrogens (tertiary/aromatic N) is 4. The van der Waals surface area contributed by atoms with Gasteiger partial charge in [-0.3, -0.25) is 9.59 Å². The van der Waals surface area contributed by atoms with E-state index in [0.29, 0.717) is 16.8 Å². The highest BCUT2D eigenvalue weighted by Gasteiger charge is 2.33. The fourth-order valence-corrected chi connectivity index (χ4v) is 6.42. The van der Waals surface area contributed by atoms with Gasteiger partial charge < -0.3 is 30.6 Å². The van der Waals surface area contributed by atoms with E-state index in [4.69, 9.17) is 19.9 Å². The molecule has 60 heavy (non-hydrogen) atoms. The molecule has 18 heteroatoms. The Morgan fingerprint density at radius 1 is 0.867 bits per heavy atom. The van der Waals surface area contributed by atoms with Gasteiger partial charge in [-0.05, 0) is 85.0 Å². The number of pyridine rings is 1. The van der Waals surface area contributed by atoms with Crippen LogP contribution in [-0.4, -0.2) is 72.3 Å². The Balaban J connectivity index is 1.41. The van der Waals surface area contributed by atoms with Crippen LogP contribution in [0.4, 0.5) is 26.5 Å². The Labute approximate surface area is 346 Å². The maximum absolute atomic E-state index is 14.0. The van der Waals surface area contributed by atoms with E-state index < -0.39 is 63.5 Å². The first-order valence-corrected chi connectivity index (χ1v) is 20.6. The van der Waals surface area contributed by atoms with Gasteiger partial charge >= 0.3 is 12.1 Å². The normalized spacial score (nSPS) is 13.0. The number of halogens is 1. The van der Waals surface area contributed by atoms with Crippen LogP contribution in [-0.2, 0) is 33.7 Å². The molecule has 1 unspecified atom stereocenters. The molecule has 2 heterocycles. The Kier molecular flexibility index (Phi) is 13.7. The molecular formula is C42H46FN7O9S. The van der Waals surface area contributed by atoms with Crippen LogP contribution in [0.2, 0.25) is 0 Å². The van der Waals surface area contributed by atoms with E-state index in [-0.39, 0.29) is 39.8 Å². The first-order chi connectivity index (χ1) is 28.3. The Hall–Kier alpha value is -6.66. The minimum atomic E-state index is -3.70. The molecule has 3 amide bonds. The van der Waals surface area contributed by atoms with Gasteiger partial charge in [-0.15, -0.1) is 5.10 Å². The van der Waals surface area contributed by atoms with Gasteiger partial charge in [0.15, 0.2) is 15.5 Å². The second-order valence-corrected chi connectivity index (χ2v) is 16.6. The van der Waals surface area contributed by atoms with Gasteiger partial charge in [0, 0.05) is 29.8 Å². The molecule has 0 aliphatic rings. The molecule has 16 nitrogen and oxygen atoms in total. The van der Waals surface area contributed by atoms with E-state index in [9.17, 15) is 32.0 Å². The molecule has 0 fully saturated rings. The summed E-state index contributed by atoms with van der Waals surface area (Å²) in [6.45, 7) is 12.1. The number of nitrogens with two attached hydrogens (primary N) is 1. The number of esters is 1. The van der Waals surface area contributed by atoms with E-state index in [1.807, 2.05) is 0 Å². The Bertz CT molecular complexity index is 2530. The van der Waals surface area contributed by atoms with Gasteiger partial charge in [0.05, 0.1) is 29.7 Å². The topological polar surface area (TPSA) is 214 Å². The van der Waals surface area contributed by atoms with Crippen molar-refractivity contribution in [1.82, 2.24) is 19.9 Å². The number of amides is 3. The molecule has 0 saturated carbocycles.